The number of methoxy groups -OCH3 is 2. The van der Waals surface area contributed by atoms with Crippen molar-refractivity contribution in [3.05, 3.63) is 48.0 Å². The van der Waals surface area contributed by atoms with Crippen LogP contribution in [-0.4, -0.2) is 20.5 Å². The number of aldehydes is 1. The maximum atomic E-state index is 10.6. The Hall–Kier alpha value is -2.29. The van der Waals surface area contributed by atoms with Crippen molar-refractivity contribution in [2.75, 3.05) is 14.2 Å². The van der Waals surface area contributed by atoms with E-state index in [1.165, 1.54) is 0 Å². The summed E-state index contributed by atoms with van der Waals surface area (Å²) in [7, 11) is 3.22. The topological polar surface area (TPSA) is 35.5 Å². The Bertz CT molecular complexity index is 544. The zero-order valence-corrected chi connectivity index (χ0v) is 10.3. The zero-order valence-electron chi connectivity index (χ0n) is 10.3. The van der Waals surface area contributed by atoms with Crippen molar-refractivity contribution >= 4 is 6.29 Å². The third-order valence-electron chi connectivity index (χ3n) is 2.76. The second-order valence-electron chi connectivity index (χ2n) is 3.81. The molecule has 0 fully saturated rings. The second-order valence-corrected chi connectivity index (χ2v) is 3.81. The smallest absolute Gasteiger partial charge is 0.161 e. The minimum Gasteiger partial charge on any atom is -0.493 e. The van der Waals surface area contributed by atoms with Crippen molar-refractivity contribution in [3.8, 4) is 22.6 Å². The second kappa shape index (κ2) is 5.36. The molecule has 2 rings (SSSR count). The number of carbonyl (C=O) groups excluding carboxylic acids is 1. The molecular weight excluding hydrogens is 228 g/mol. The van der Waals surface area contributed by atoms with Crippen LogP contribution in [0.1, 0.15) is 10.4 Å². The highest BCUT2D eigenvalue weighted by Gasteiger charge is 2.05. The first kappa shape index (κ1) is 12.2. The van der Waals surface area contributed by atoms with Crippen LogP contribution in [0.4, 0.5) is 0 Å². The quantitative estimate of drug-likeness (QED) is 0.772. The van der Waals surface area contributed by atoms with Gasteiger partial charge in [0.05, 0.1) is 14.2 Å². The summed E-state index contributed by atoms with van der Waals surface area (Å²) >= 11 is 0. The molecule has 3 heteroatoms. The van der Waals surface area contributed by atoms with Gasteiger partial charge in [-0.1, -0.05) is 30.3 Å². The molecule has 18 heavy (non-hydrogen) atoms. The van der Waals surface area contributed by atoms with Crippen LogP contribution in [-0.2, 0) is 0 Å². The largest absolute Gasteiger partial charge is 0.493 e. The summed E-state index contributed by atoms with van der Waals surface area (Å²) in [5, 5.41) is 0. The molecule has 0 spiro atoms. The van der Waals surface area contributed by atoms with Gasteiger partial charge in [0.15, 0.2) is 11.5 Å². The van der Waals surface area contributed by atoms with Gasteiger partial charge in [0.1, 0.15) is 6.29 Å². The lowest BCUT2D eigenvalue weighted by Gasteiger charge is -2.09. The van der Waals surface area contributed by atoms with Crippen molar-refractivity contribution < 1.29 is 14.3 Å². The van der Waals surface area contributed by atoms with Gasteiger partial charge in [-0.3, -0.25) is 4.79 Å². The number of hydrogen-bond donors (Lipinski definition) is 0. The first-order valence-electron chi connectivity index (χ1n) is 5.56. The Labute approximate surface area is 106 Å². The molecule has 0 aliphatic carbocycles. The number of benzene rings is 2. The summed E-state index contributed by atoms with van der Waals surface area (Å²) in [6, 6.07) is 13.1. The molecule has 0 amide bonds. The van der Waals surface area contributed by atoms with Crippen molar-refractivity contribution in [1.82, 2.24) is 0 Å². The molecular formula is C15H14O3. The van der Waals surface area contributed by atoms with Gasteiger partial charge in [-0.25, -0.2) is 0 Å². The van der Waals surface area contributed by atoms with Crippen molar-refractivity contribution in [3.63, 3.8) is 0 Å². The van der Waals surface area contributed by atoms with Gasteiger partial charge in [-0.2, -0.15) is 0 Å². The molecule has 0 atom stereocenters. The Morgan fingerprint density at radius 3 is 2.00 bits per heavy atom. The van der Waals surface area contributed by atoms with E-state index in [4.69, 9.17) is 9.47 Å². The Morgan fingerprint density at radius 1 is 0.833 bits per heavy atom. The number of hydrogen-bond acceptors (Lipinski definition) is 3. The van der Waals surface area contributed by atoms with E-state index in [2.05, 4.69) is 0 Å². The van der Waals surface area contributed by atoms with Gasteiger partial charge in [-0.05, 0) is 23.3 Å². The molecule has 3 nitrogen and oxygen atoms in total. The van der Waals surface area contributed by atoms with Crippen LogP contribution in [0.25, 0.3) is 11.1 Å². The Morgan fingerprint density at radius 2 is 1.44 bits per heavy atom. The van der Waals surface area contributed by atoms with E-state index in [1.807, 2.05) is 30.3 Å². The highest BCUT2D eigenvalue weighted by molar-refractivity contribution is 5.77. The fourth-order valence-corrected chi connectivity index (χ4v) is 1.77. The summed E-state index contributed by atoms with van der Waals surface area (Å²) in [6.45, 7) is 0. The third kappa shape index (κ3) is 2.35. The molecule has 0 bridgehead atoms. The highest BCUT2D eigenvalue weighted by Crippen LogP contribution is 2.32. The van der Waals surface area contributed by atoms with Crippen LogP contribution in [0.3, 0.4) is 0 Å². The van der Waals surface area contributed by atoms with E-state index in [0.717, 1.165) is 17.4 Å². The molecule has 0 heterocycles. The average molecular weight is 242 g/mol. The molecule has 0 aliphatic rings. The van der Waals surface area contributed by atoms with Crippen LogP contribution in [0.15, 0.2) is 42.5 Å². The van der Waals surface area contributed by atoms with Crippen LogP contribution in [0.2, 0.25) is 0 Å². The molecule has 0 unspecified atom stereocenters. The zero-order chi connectivity index (χ0) is 13.0. The molecule has 2 aromatic carbocycles. The molecule has 0 saturated heterocycles. The minimum absolute atomic E-state index is 0.666. The van der Waals surface area contributed by atoms with E-state index in [-0.39, 0.29) is 0 Å². The molecule has 0 N–H and O–H groups in total. The lowest BCUT2D eigenvalue weighted by Crippen LogP contribution is -1.91. The predicted octanol–water partition coefficient (Wildman–Crippen LogP) is 3.18. The lowest BCUT2D eigenvalue weighted by atomic mass is 10.0. The maximum Gasteiger partial charge on any atom is 0.161 e. The number of rotatable bonds is 4. The van der Waals surface area contributed by atoms with Gasteiger partial charge < -0.3 is 9.47 Å². The van der Waals surface area contributed by atoms with Crippen molar-refractivity contribution in [2.24, 2.45) is 0 Å². The van der Waals surface area contributed by atoms with Gasteiger partial charge in [0, 0.05) is 5.56 Å². The Balaban J connectivity index is 2.40. The minimum atomic E-state index is 0.666. The van der Waals surface area contributed by atoms with Gasteiger partial charge in [0.2, 0.25) is 0 Å². The third-order valence-corrected chi connectivity index (χ3v) is 2.76. The van der Waals surface area contributed by atoms with E-state index in [1.54, 1.807) is 26.4 Å². The van der Waals surface area contributed by atoms with Crippen LogP contribution < -0.4 is 9.47 Å². The summed E-state index contributed by atoms with van der Waals surface area (Å²) in [5.74, 6) is 1.39. The first-order valence-corrected chi connectivity index (χ1v) is 5.56. The normalized spacial score (nSPS) is 9.89. The summed E-state index contributed by atoms with van der Waals surface area (Å²) in [4.78, 5) is 10.6. The van der Waals surface area contributed by atoms with Crippen LogP contribution in [0, 0.1) is 0 Å². The maximum absolute atomic E-state index is 10.6. The summed E-state index contributed by atoms with van der Waals surface area (Å²) in [5.41, 5.74) is 2.71. The molecule has 0 aliphatic heterocycles. The molecule has 92 valence electrons. The highest BCUT2D eigenvalue weighted by atomic mass is 16.5. The van der Waals surface area contributed by atoms with E-state index < -0.39 is 0 Å². The number of ether oxygens (including phenoxy) is 2. The van der Waals surface area contributed by atoms with Crippen molar-refractivity contribution in [1.29, 1.82) is 0 Å². The average Bonchev–Trinajstić information content (AvgIpc) is 2.46. The lowest BCUT2D eigenvalue weighted by molar-refractivity contribution is 0.112. The van der Waals surface area contributed by atoms with Crippen LogP contribution >= 0.6 is 0 Å². The monoisotopic (exact) mass is 242 g/mol. The van der Waals surface area contributed by atoms with Crippen LogP contribution in [0.5, 0.6) is 11.5 Å². The summed E-state index contributed by atoms with van der Waals surface area (Å²) < 4.78 is 10.5. The fraction of sp³-hybridized carbons (Fsp3) is 0.133. The van der Waals surface area contributed by atoms with Crippen molar-refractivity contribution in [2.45, 2.75) is 0 Å². The molecule has 0 radical (unpaired) electrons. The van der Waals surface area contributed by atoms with E-state index >= 15 is 0 Å². The predicted molar refractivity (Wildman–Crippen MR) is 70.4 cm³/mol. The first-order chi connectivity index (χ1) is 8.78. The van der Waals surface area contributed by atoms with E-state index in [9.17, 15) is 4.79 Å². The molecule has 2 aromatic rings. The van der Waals surface area contributed by atoms with Gasteiger partial charge in [0.25, 0.3) is 0 Å². The standard InChI is InChI=1S/C15H14O3/c1-17-14-8-7-13(9-15(14)18-2)12-5-3-11(10-16)4-6-12/h3-10H,1-2H3. The SMILES string of the molecule is COc1ccc(-c2ccc(C=O)cc2)cc1OC. The fourth-order valence-electron chi connectivity index (χ4n) is 1.77. The van der Waals surface area contributed by atoms with Gasteiger partial charge in [-0.15, -0.1) is 0 Å². The summed E-state index contributed by atoms with van der Waals surface area (Å²) in [6.07, 6.45) is 0.832. The van der Waals surface area contributed by atoms with E-state index in [0.29, 0.717) is 17.1 Å². The number of carbonyl (C=O) groups is 1. The Kier molecular flexibility index (Phi) is 3.63. The molecule has 0 aromatic heterocycles. The molecule has 0 saturated carbocycles. The van der Waals surface area contributed by atoms with Gasteiger partial charge >= 0.3 is 0 Å².